The number of nitriles is 1. The molecule has 8 rings (SSSR count). The highest BCUT2D eigenvalue weighted by Crippen LogP contribution is 2.42. The Kier molecular flexibility index (Phi) is 4.85. The number of furan rings is 1. The molecular weight excluding hydrogens is 490 g/mol. The van der Waals surface area contributed by atoms with E-state index in [4.69, 9.17) is 4.42 Å². The summed E-state index contributed by atoms with van der Waals surface area (Å²) in [5, 5.41) is 13.8. The van der Waals surface area contributed by atoms with Crippen LogP contribution < -0.4 is 0 Å². The van der Waals surface area contributed by atoms with Crippen molar-refractivity contribution in [3.8, 4) is 34.1 Å². The van der Waals surface area contributed by atoms with Crippen LogP contribution in [0.25, 0.3) is 71.8 Å². The van der Waals surface area contributed by atoms with Gasteiger partial charge in [0.15, 0.2) is 0 Å². The Hall–Kier alpha value is -5.66. The molecule has 3 heterocycles. The average molecular weight is 512 g/mol. The van der Waals surface area contributed by atoms with Crippen LogP contribution in [0.5, 0.6) is 0 Å². The fourth-order valence-corrected chi connectivity index (χ4v) is 5.89. The number of nitrogens with zero attached hydrogens (tertiary/aromatic N) is 3. The third kappa shape index (κ3) is 3.28. The molecular formula is C36H21N3O. The van der Waals surface area contributed by atoms with Crippen molar-refractivity contribution in [2.45, 2.75) is 0 Å². The third-order valence-electron chi connectivity index (χ3n) is 7.68. The minimum absolute atomic E-state index is 0.414. The highest BCUT2D eigenvalue weighted by Gasteiger charge is 2.20. The number of aromatic nitrogens is 2. The van der Waals surface area contributed by atoms with E-state index in [9.17, 15) is 5.26 Å². The first-order valence-electron chi connectivity index (χ1n) is 13.2. The molecule has 4 nitrogen and oxygen atoms in total. The first-order valence-corrected chi connectivity index (χ1v) is 13.2. The van der Waals surface area contributed by atoms with Crippen LogP contribution >= 0.6 is 0 Å². The van der Waals surface area contributed by atoms with Crippen LogP contribution in [0.15, 0.2) is 132 Å². The van der Waals surface area contributed by atoms with Gasteiger partial charge in [0.05, 0.1) is 27.8 Å². The number of rotatable bonds is 3. The summed E-state index contributed by atoms with van der Waals surface area (Å²) in [6.07, 6.45) is 0. The molecule has 0 fully saturated rings. The molecule has 0 saturated heterocycles. The van der Waals surface area contributed by atoms with Gasteiger partial charge in [0.25, 0.3) is 0 Å². The lowest BCUT2D eigenvalue weighted by atomic mass is 10.0. The maximum atomic E-state index is 9.25. The van der Waals surface area contributed by atoms with Gasteiger partial charge in [-0.05, 0) is 48.0 Å². The zero-order valence-electron chi connectivity index (χ0n) is 21.4. The minimum Gasteiger partial charge on any atom is -0.455 e. The lowest BCUT2D eigenvalue weighted by Crippen LogP contribution is -1.97. The minimum atomic E-state index is 0.414. The zero-order chi connectivity index (χ0) is 26.6. The van der Waals surface area contributed by atoms with Crippen LogP contribution in [-0.4, -0.2) is 9.55 Å². The molecule has 3 aromatic heterocycles. The fourth-order valence-electron chi connectivity index (χ4n) is 5.89. The second-order valence-electron chi connectivity index (χ2n) is 9.90. The standard InChI is InChI=1S/C36H21N3O/c37-22-25-8-7-12-30(38-25)24-18-16-23(17-19-24)26-9-1-4-13-31(26)39-32-14-5-2-11-29(32)35-33(39)21-20-28-27-10-3-6-15-34(27)40-36(28)35/h1-21H. The molecule has 186 valence electrons. The van der Waals surface area contributed by atoms with Gasteiger partial charge in [-0.3, -0.25) is 0 Å². The Morgan fingerprint density at radius 3 is 2.23 bits per heavy atom. The zero-order valence-corrected chi connectivity index (χ0v) is 21.4. The van der Waals surface area contributed by atoms with Gasteiger partial charge in [-0.15, -0.1) is 0 Å². The van der Waals surface area contributed by atoms with Crippen LogP contribution in [0.4, 0.5) is 0 Å². The van der Waals surface area contributed by atoms with Gasteiger partial charge < -0.3 is 8.98 Å². The molecule has 0 aliphatic heterocycles. The SMILES string of the molecule is N#Cc1cccc(-c2ccc(-c3ccccc3-n3c4ccccc4c4c5oc6ccccc6c5ccc43)cc2)n1. The van der Waals surface area contributed by atoms with Gasteiger partial charge >= 0.3 is 0 Å². The van der Waals surface area contributed by atoms with Gasteiger partial charge in [-0.25, -0.2) is 4.98 Å². The molecule has 0 aliphatic rings. The Bertz CT molecular complexity index is 2280. The first kappa shape index (κ1) is 22.3. The third-order valence-corrected chi connectivity index (χ3v) is 7.68. The molecule has 0 atom stereocenters. The van der Waals surface area contributed by atoms with Gasteiger partial charge in [-0.1, -0.05) is 84.9 Å². The number of fused-ring (bicyclic) bond motifs is 7. The van der Waals surface area contributed by atoms with Crippen LogP contribution in [-0.2, 0) is 0 Å². The van der Waals surface area contributed by atoms with Crippen LogP contribution in [0.3, 0.4) is 0 Å². The largest absolute Gasteiger partial charge is 0.455 e. The van der Waals surface area contributed by atoms with E-state index in [-0.39, 0.29) is 0 Å². The van der Waals surface area contributed by atoms with E-state index in [2.05, 4.69) is 113 Å². The van der Waals surface area contributed by atoms with E-state index in [1.807, 2.05) is 24.3 Å². The molecule has 0 radical (unpaired) electrons. The van der Waals surface area contributed by atoms with Crippen molar-refractivity contribution in [3.05, 3.63) is 133 Å². The molecule has 4 heteroatoms. The summed E-state index contributed by atoms with van der Waals surface area (Å²) in [7, 11) is 0. The molecule has 0 aliphatic carbocycles. The van der Waals surface area contributed by atoms with Crippen molar-refractivity contribution in [1.29, 1.82) is 5.26 Å². The molecule has 0 unspecified atom stereocenters. The molecule has 5 aromatic carbocycles. The smallest absolute Gasteiger partial charge is 0.145 e. The highest BCUT2D eigenvalue weighted by molar-refractivity contribution is 6.24. The summed E-state index contributed by atoms with van der Waals surface area (Å²) in [5.74, 6) is 0. The number of benzene rings is 5. The Labute approximate surface area is 230 Å². The molecule has 8 aromatic rings. The van der Waals surface area contributed by atoms with Crippen molar-refractivity contribution < 1.29 is 4.42 Å². The maximum absolute atomic E-state index is 9.25. The molecule has 0 spiro atoms. The van der Waals surface area contributed by atoms with E-state index in [0.29, 0.717) is 5.69 Å². The van der Waals surface area contributed by atoms with E-state index >= 15 is 0 Å². The van der Waals surface area contributed by atoms with E-state index < -0.39 is 0 Å². The summed E-state index contributed by atoms with van der Waals surface area (Å²) in [4.78, 5) is 4.46. The van der Waals surface area contributed by atoms with Crippen LogP contribution in [0.2, 0.25) is 0 Å². The van der Waals surface area contributed by atoms with E-state index in [1.165, 1.54) is 0 Å². The average Bonchev–Trinajstić information content (AvgIpc) is 3.57. The second-order valence-corrected chi connectivity index (χ2v) is 9.90. The van der Waals surface area contributed by atoms with Crippen LogP contribution in [0, 0.1) is 11.3 Å². The predicted octanol–water partition coefficient (Wildman–Crippen LogP) is 9.28. The molecule has 0 saturated carbocycles. The Morgan fingerprint density at radius 1 is 0.600 bits per heavy atom. The fraction of sp³-hybridized carbons (Fsp3) is 0. The monoisotopic (exact) mass is 511 g/mol. The lowest BCUT2D eigenvalue weighted by molar-refractivity contribution is 0.673. The number of hydrogen-bond donors (Lipinski definition) is 0. The van der Waals surface area contributed by atoms with Gasteiger partial charge in [0.1, 0.15) is 22.9 Å². The normalized spacial score (nSPS) is 11.5. The van der Waals surface area contributed by atoms with Crippen molar-refractivity contribution in [1.82, 2.24) is 9.55 Å². The van der Waals surface area contributed by atoms with Crippen molar-refractivity contribution >= 4 is 43.7 Å². The first-order chi connectivity index (χ1) is 19.8. The van der Waals surface area contributed by atoms with E-state index in [1.54, 1.807) is 6.07 Å². The van der Waals surface area contributed by atoms with Gasteiger partial charge in [-0.2, -0.15) is 5.26 Å². The number of pyridine rings is 1. The van der Waals surface area contributed by atoms with E-state index in [0.717, 1.165) is 71.8 Å². The van der Waals surface area contributed by atoms with Crippen molar-refractivity contribution in [2.24, 2.45) is 0 Å². The lowest BCUT2D eigenvalue weighted by Gasteiger charge is -2.14. The second kappa shape index (κ2) is 8.69. The molecule has 40 heavy (non-hydrogen) atoms. The number of hydrogen-bond acceptors (Lipinski definition) is 3. The maximum Gasteiger partial charge on any atom is 0.145 e. The Morgan fingerprint density at radius 2 is 1.35 bits per heavy atom. The highest BCUT2D eigenvalue weighted by atomic mass is 16.3. The molecule has 0 bridgehead atoms. The van der Waals surface area contributed by atoms with Crippen LogP contribution in [0.1, 0.15) is 5.69 Å². The predicted molar refractivity (Wildman–Crippen MR) is 161 cm³/mol. The van der Waals surface area contributed by atoms with Gasteiger partial charge in [0, 0.05) is 27.3 Å². The summed E-state index contributed by atoms with van der Waals surface area (Å²) >= 11 is 0. The topological polar surface area (TPSA) is 54.8 Å². The molecule has 0 amide bonds. The molecule has 0 N–H and O–H groups in total. The summed E-state index contributed by atoms with van der Waals surface area (Å²) in [5.41, 5.74) is 9.56. The summed E-state index contributed by atoms with van der Waals surface area (Å²) in [6.45, 7) is 0. The summed E-state index contributed by atoms with van der Waals surface area (Å²) in [6, 6.07) is 45.7. The van der Waals surface area contributed by atoms with Crippen molar-refractivity contribution in [3.63, 3.8) is 0 Å². The Balaban J connectivity index is 1.35. The quantitative estimate of drug-likeness (QED) is 0.237. The van der Waals surface area contributed by atoms with Crippen molar-refractivity contribution in [2.75, 3.05) is 0 Å². The number of para-hydroxylation sites is 3. The van der Waals surface area contributed by atoms with Gasteiger partial charge in [0.2, 0.25) is 0 Å². The summed E-state index contributed by atoms with van der Waals surface area (Å²) < 4.78 is 8.82.